The molecule has 0 aromatic heterocycles. The molecule has 7 nitrogen and oxygen atoms in total. The van der Waals surface area contributed by atoms with E-state index in [1.807, 2.05) is 31.2 Å². The molecule has 0 unspecified atom stereocenters. The topological polar surface area (TPSA) is 82.1 Å². The molecule has 1 fully saturated rings. The van der Waals surface area contributed by atoms with Crippen molar-refractivity contribution in [2.45, 2.75) is 11.8 Å². The second-order valence-corrected chi connectivity index (χ2v) is 9.30. The monoisotopic (exact) mass is 473 g/mol. The van der Waals surface area contributed by atoms with E-state index in [0.717, 1.165) is 11.6 Å². The fraction of sp³-hybridized carbons (Fsp3) is 0.350. The van der Waals surface area contributed by atoms with Crippen molar-refractivity contribution in [1.29, 1.82) is 0 Å². The second kappa shape index (κ2) is 9.98. The smallest absolute Gasteiger partial charge is 0.339 e. The highest BCUT2D eigenvalue weighted by Gasteiger charge is 2.30. The average molecular weight is 474 g/mol. The third-order valence-electron chi connectivity index (χ3n) is 4.44. The van der Waals surface area contributed by atoms with E-state index in [1.54, 1.807) is 0 Å². The Morgan fingerprint density at radius 3 is 2.40 bits per heavy atom. The first-order chi connectivity index (χ1) is 14.3. The highest BCUT2D eigenvalue weighted by molar-refractivity contribution is 7.89. The van der Waals surface area contributed by atoms with Gasteiger partial charge in [-0.1, -0.05) is 40.9 Å². The summed E-state index contributed by atoms with van der Waals surface area (Å²) >= 11 is 12.2. The normalized spacial score (nSPS) is 15.0. The minimum atomic E-state index is -3.90. The Labute approximate surface area is 185 Å². The summed E-state index contributed by atoms with van der Waals surface area (Å²) in [5.74, 6) is -0.109. The van der Waals surface area contributed by atoms with E-state index >= 15 is 0 Å². The maximum atomic E-state index is 12.9. The first-order valence-electron chi connectivity index (χ1n) is 9.22. The lowest BCUT2D eigenvalue weighted by Crippen LogP contribution is -2.40. The number of halogens is 2. The SMILES string of the molecule is Cc1ccc(OCCOC(=O)c2cc(S(=O)(=O)N3CCOCC3)c(Cl)cc2Cl)cc1. The van der Waals surface area contributed by atoms with Crippen molar-refractivity contribution in [2.75, 3.05) is 39.5 Å². The molecule has 2 aromatic carbocycles. The lowest BCUT2D eigenvalue weighted by atomic mass is 10.2. The van der Waals surface area contributed by atoms with Gasteiger partial charge in [0.1, 0.15) is 23.9 Å². The Hall–Kier alpha value is -1.84. The zero-order valence-corrected chi connectivity index (χ0v) is 18.6. The van der Waals surface area contributed by atoms with Crippen molar-refractivity contribution >= 4 is 39.2 Å². The van der Waals surface area contributed by atoms with Crippen molar-refractivity contribution in [2.24, 2.45) is 0 Å². The second-order valence-electron chi connectivity index (χ2n) is 6.58. The van der Waals surface area contributed by atoms with Crippen LogP contribution in [0.5, 0.6) is 5.75 Å². The molecular formula is C20H21Cl2NO6S. The quantitative estimate of drug-likeness (QED) is 0.451. The molecule has 10 heteroatoms. The van der Waals surface area contributed by atoms with Crippen LogP contribution in [-0.2, 0) is 19.5 Å². The first kappa shape index (κ1) is 22.8. The number of benzene rings is 2. The van der Waals surface area contributed by atoms with E-state index in [4.69, 9.17) is 37.4 Å². The maximum absolute atomic E-state index is 12.9. The number of morpholine rings is 1. The van der Waals surface area contributed by atoms with Crippen LogP contribution in [0.15, 0.2) is 41.3 Å². The number of rotatable bonds is 7. The summed E-state index contributed by atoms with van der Waals surface area (Å²) in [5.41, 5.74) is 1.03. The molecular weight excluding hydrogens is 453 g/mol. The number of hydrogen-bond acceptors (Lipinski definition) is 6. The highest BCUT2D eigenvalue weighted by Crippen LogP contribution is 2.31. The Bertz CT molecular complexity index is 1000. The van der Waals surface area contributed by atoms with Gasteiger partial charge in [-0.25, -0.2) is 13.2 Å². The lowest BCUT2D eigenvalue weighted by Gasteiger charge is -2.26. The van der Waals surface area contributed by atoms with Gasteiger partial charge in [-0.2, -0.15) is 4.31 Å². The molecule has 0 N–H and O–H groups in total. The molecule has 0 atom stereocenters. The van der Waals surface area contributed by atoms with Crippen LogP contribution >= 0.6 is 23.2 Å². The number of carbonyl (C=O) groups is 1. The van der Waals surface area contributed by atoms with Crippen LogP contribution in [0.25, 0.3) is 0 Å². The molecule has 1 aliphatic rings. The van der Waals surface area contributed by atoms with E-state index < -0.39 is 16.0 Å². The van der Waals surface area contributed by atoms with Crippen molar-refractivity contribution in [1.82, 2.24) is 4.31 Å². The predicted octanol–water partition coefficient (Wildman–Crippen LogP) is 3.56. The summed E-state index contributed by atoms with van der Waals surface area (Å²) in [6, 6.07) is 9.83. The van der Waals surface area contributed by atoms with Crippen molar-refractivity contribution < 1.29 is 27.4 Å². The third-order valence-corrected chi connectivity index (χ3v) is 7.11. The summed E-state index contributed by atoms with van der Waals surface area (Å²) in [6.45, 7) is 3.07. The van der Waals surface area contributed by atoms with Crippen LogP contribution in [0.2, 0.25) is 10.0 Å². The van der Waals surface area contributed by atoms with Crippen LogP contribution in [0, 0.1) is 6.92 Å². The van der Waals surface area contributed by atoms with E-state index in [0.29, 0.717) is 19.0 Å². The third kappa shape index (κ3) is 5.44. The molecule has 0 bridgehead atoms. The van der Waals surface area contributed by atoms with Gasteiger partial charge in [-0.05, 0) is 31.2 Å². The van der Waals surface area contributed by atoms with Crippen molar-refractivity contribution in [3.63, 3.8) is 0 Å². The molecule has 30 heavy (non-hydrogen) atoms. The fourth-order valence-electron chi connectivity index (χ4n) is 2.82. The number of sulfonamides is 1. The minimum Gasteiger partial charge on any atom is -0.490 e. The molecule has 162 valence electrons. The van der Waals surface area contributed by atoms with Gasteiger partial charge in [0.25, 0.3) is 0 Å². The van der Waals surface area contributed by atoms with Gasteiger partial charge in [-0.3, -0.25) is 0 Å². The fourth-order valence-corrected chi connectivity index (χ4v) is 5.05. The standard InChI is InChI=1S/C20H21Cl2NO6S/c1-14-2-4-15(5-3-14)28-10-11-29-20(24)16-12-19(18(22)13-17(16)21)30(25,26)23-6-8-27-9-7-23/h2-5,12-13H,6-11H2,1H3. The van der Waals surface area contributed by atoms with Gasteiger partial charge >= 0.3 is 5.97 Å². The molecule has 1 aliphatic heterocycles. The Morgan fingerprint density at radius 1 is 1.07 bits per heavy atom. The lowest BCUT2D eigenvalue weighted by molar-refractivity contribution is 0.0450. The van der Waals surface area contributed by atoms with Crippen LogP contribution in [0.4, 0.5) is 0 Å². The molecule has 0 saturated carbocycles. The summed E-state index contributed by atoms with van der Waals surface area (Å²) in [6.07, 6.45) is 0. The Kier molecular flexibility index (Phi) is 7.60. The predicted molar refractivity (Wildman–Crippen MR) is 113 cm³/mol. The Balaban J connectivity index is 1.68. The van der Waals surface area contributed by atoms with Crippen LogP contribution < -0.4 is 4.74 Å². The van der Waals surface area contributed by atoms with Gasteiger partial charge in [0.15, 0.2) is 0 Å². The molecule has 0 radical (unpaired) electrons. The zero-order chi connectivity index (χ0) is 21.7. The molecule has 0 spiro atoms. The average Bonchev–Trinajstić information content (AvgIpc) is 2.73. The van der Waals surface area contributed by atoms with Gasteiger partial charge in [-0.15, -0.1) is 0 Å². The van der Waals surface area contributed by atoms with Crippen molar-refractivity contribution in [3.8, 4) is 5.75 Å². The van der Waals surface area contributed by atoms with Gasteiger partial charge in [0, 0.05) is 13.1 Å². The van der Waals surface area contributed by atoms with E-state index in [2.05, 4.69) is 0 Å². The molecule has 1 heterocycles. The Morgan fingerprint density at radius 2 is 1.73 bits per heavy atom. The molecule has 2 aromatic rings. The summed E-state index contributed by atoms with van der Waals surface area (Å²) in [4.78, 5) is 12.3. The molecule has 0 aliphatic carbocycles. The summed E-state index contributed by atoms with van der Waals surface area (Å²) in [5, 5.41) is -0.0591. The van der Waals surface area contributed by atoms with Gasteiger partial charge < -0.3 is 14.2 Å². The number of ether oxygens (including phenoxy) is 3. The molecule has 3 rings (SSSR count). The number of aryl methyl sites for hydroxylation is 1. The van der Waals surface area contributed by atoms with Crippen LogP contribution in [0.3, 0.4) is 0 Å². The largest absolute Gasteiger partial charge is 0.490 e. The number of nitrogens with zero attached hydrogens (tertiary/aromatic N) is 1. The zero-order valence-electron chi connectivity index (χ0n) is 16.3. The molecule has 0 amide bonds. The minimum absolute atomic E-state index is 0.00498. The number of esters is 1. The first-order valence-corrected chi connectivity index (χ1v) is 11.4. The molecule has 1 saturated heterocycles. The summed E-state index contributed by atoms with van der Waals surface area (Å²) < 4.78 is 43.0. The highest BCUT2D eigenvalue weighted by atomic mass is 35.5. The van der Waals surface area contributed by atoms with Crippen LogP contribution in [-0.4, -0.2) is 58.2 Å². The van der Waals surface area contributed by atoms with Gasteiger partial charge in [0.2, 0.25) is 10.0 Å². The summed E-state index contributed by atoms with van der Waals surface area (Å²) in [7, 11) is -3.90. The van der Waals surface area contributed by atoms with Crippen LogP contribution in [0.1, 0.15) is 15.9 Å². The van der Waals surface area contributed by atoms with E-state index in [-0.39, 0.29) is 46.8 Å². The maximum Gasteiger partial charge on any atom is 0.339 e. The van der Waals surface area contributed by atoms with Gasteiger partial charge in [0.05, 0.1) is 28.8 Å². The number of carbonyl (C=O) groups excluding carboxylic acids is 1. The van der Waals surface area contributed by atoms with E-state index in [1.165, 1.54) is 10.4 Å². The van der Waals surface area contributed by atoms with E-state index in [9.17, 15) is 13.2 Å². The number of hydrogen-bond donors (Lipinski definition) is 0. The van der Waals surface area contributed by atoms with Crippen molar-refractivity contribution in [3.05, 3.63) is 57.6 Å².